The van der Waals surface area contributed by atoms with Crippen molar-refractivity contribution in [3.05, 3.63) is 18.5 Å². The van der Waals surface area contributed by atoms with Crippen LogP contribution in [0.1, 0.15) is 6.92 Å². The smallest absolute Gasteiger partial charge is 0.167 e. The molecule has 0 spiro atoms. The Kier molecular flexibility index (Phi) is 1.03. The lowest BCUT2D eigenvalue weighted by molar-refractivity contribution is 0.274. The first-order chi connectivity index (χ1) is 4.86. The van der Waals surface area contributed by atoms with Gasteiger partial charge in [0.2, 0.25) is 0 Å². The van der Waals surface area contributed by atoms with Crippen molar-refractivity contribution in [2.24, 2.45) is 0 Å². The molecule has 0 fully saturated rings. The van der Waals surface area contributed by atoms with Gasteiger partial charge in [-0.25, -0.2) is 0 Å². The van der Waals surface area contributed by atoms with Crippen molar-refractivity contribution < 1.29 is 4.74 Å². The molecule has 3 heteroatoms. The van der Waals surface area contributed by atoms with Gasteiger partial charge < -0.3 is 10.1 Å². The molecule has 0 amide bonds. The number of aromatic nitrogens is 1. The summed E-state index contributed by atoms with van der Waals surface area (Å²) in [6.45, 7) is 1.96. The number of rotatable bonds is 0. The number of hydrogen-bond acceptors (Lipinski definition) is 3. The van der Waals surface area contributed by atoms with Crippen molar-refractivity contribution in [2.45, 2.75) is 13.2 Å². The minimum Gasteiger partial charge on any atom is -0.467 e. The molecule has 1 aromatic heterocycles. The van der Waals surface area contributed by atoms with Gasteiger partial charge >= 0.3 is 0 Å². The van der Waals surface area contributed by atoms with Crippen molar-refractivity contribution in [1.29, 1.82) is 0 Å². The zero-order chi connectivity index (χ0) is 6.97. The van der Waals surface area contributed by atoms with E-state index in [1.54, 1.807) is 12.4 Å². The molecule has 1 atom stereocenters. The highest BCUT2D eigenvalue weighted by molar-refractivity contribution is 5.57. The largest absolute Gasteiger partial charge is 0.467 e. The molecule has 1 aliphatic rings. The monoisotopic (exact) mass is 136 g/mol. The second-order valence-electron chi connectivity index (χ2n) is 2.28. The third-order valence-electron chi connectivity index (χ3n) is 1.45. The van der Waals surface area contributed by atoms with E-state index in [1.807, 2.05) is 13.0 Å². The summed E-state index contributed by atoms with van der Waals surface area (Å²) in [5.41, 5.74) is 1.03. The molecular weight excluding hydrogens is 128 g/mol. The van der Waals surface area contributed by atoms with E-state index in [1.165, 1.54) is 0 Å². The highest BCUT2D eigenvalue weighted by Crippen LogP contribution is 2.29. The van der Waals surface area contributed by atoms with Crippen LogP contribution in [0, 0.1) is 0 Å². The van der Waals surface area contributed by atoms with Crippen LogP contribution < -0.4 is 10.1 Å². The van der Waals surface area contributed by atoms with E-state index >= 15 is 0 Å². The van der Waals surface area contributed by atoms with E-state index < -0.39 is 0 Å². The van der Waals surface area contributed by atoms with E-state index in [-0.39, 0.29) is 6.23 Å². The van der Waals surface area contributed by atoms with Crippen LogP contribution in [0.4, 0.5) is 5.69 Å². The summed E-state index contributed by atoms with van der Waals surface area (Å²) in [6, 6.07) is 1.90. The van der Waals surface area contributed by atoms with Crippen LogP contribution in [-0.4, -0.2) is 11.2 Å². The normalized spacial score (nSPS) is 21.1. The molecule has 1 N–H and O–H groups in total. The fraction of sp³-hybridized carbons (Fsp3) is 0.286. The van der Waals surface area contributed by atoms with Gasteiger partial charge in [-0.05, 0) is 13.0 Å². The van der Waals surface area contributed by atoms with Gasteiger partial charge in [-0.3, -0.25) is 4.98 Å². The van der Waals surface area contributed by atoms with E-state index in [0.717, 1.165) is 11.4 Å². The Balaban J connectivity index is 2.42. The summed E-state index contributed by atoms with van der Waals surface area (Å²) in [5.74, 6) is 0.843. The van der Waals surface area contributed by atoms with Crippen LogP contribution in [0.15, 0.2) is 18.5 Å². The first-order valence-electron chi connectivity index (χ1n) is 3.23. The molecule has 1 unspecified atom stereocenters. The van der Waals surface area contributed by atoms with E-state index in [0.29, 0.717) is 0 Å². The lowest BCUT2D eigenvalue weighted by Gasteiger charge is -2.00. The van der Waals surface area contributed by atoms with Crippen molar-refractivity contribution in [3.63, 3.8) is 0 Å². The van der Waals surface area contributed by atoms with Crippen LogP contribution in [0.25, 0.3) is 0 Å². The quantitative estimate of drug-likeness (QED) is 0.582. The summed E-state index contributed by atoms with van der Waals surface area (Å²) in [6.07, 6.45) is 3.54. The van der Waals surface area contributed by atoms with Gasteiger partial charge in [-0.2, -0.15) is 0 Å². The standard InChI is InChI=1S/C7H8N2O/c1-5-9-6-2-3-8-4-7(6)10-5/h2-5,9H,1H3. The number of hydrogen-bond donors (Lipinski definition) is 1. The van der Waals surface area contributed by atoms with Gasteiger partial charge in [0.05, 0.1) is 11.9 Å². The molecule has 2 rings (SSSR count). The van der Waals surface area contributed by atoms with Gasteiger partial charge in [-0.15, -0.1) is 0 Å². The van der Waals surface area contributed by atoms with Crippen LogP contribution in [0.5, 0.6) is 5.75 Å². The second-order valence-corrected chi connectivity index (χ2v) is 2.28. The van der Waals surface area contributed by atoms with Gasteiger partial charge in [-0.1, -0.05) is 0 Å². The molecule has 52 valence electrons. The number of nitrogens with one attached hydrogen (secondary N) is 1. The van der Waals surface area contributed by atoms with Crippen LogP contribution in [0.2, 0.25) is 0 Å². The number of ether oxygens (including phenoxy) is 1. The Morgan fingerprint density at radius 3 is 3.40 bits per heavy atom. The summed E-state index contributed by atoms with van der Waals surface area (Å²) in [7, 11) is 0. The maximum atomic E-state index is 5.33. The van der Waals surface area contributed by atoms with Gasteiger partial charge in [0.25, 0.3) is 0 Å². The van der Waals surface area contributed by atoms with Crippen LogP contribution >= 0.6 is 0 Å². The first kappa shape index (κ1) is 5.53. The third kappa shape index (κ3) is 0.708. The van der Waals surface area contributed by atoms with E-state index in [4.69, 9.17) is 4.74 Å². The van der Waals surface area contributed by atoms with Crippen molar-refractivity contribution >= 4 is 5.69 Å². The van der Waals surface area contributed by atoms with Gasteiger partial charge in [0.1, 0.15) is 0 Å². The zero-order valence-electron chi connectivity index (χ0n) is 5.66. The SMILES string of the molecule is CC1Nc2ccncc2O1. The second kappa shape index (κ2) is 1.87. The average Bonchev–Trinajstić information content (AvgIpc) is 2.27. The summed E-state index contributed by atoms with van der Waals surface area (Å²) >= 11 is 0. The highest BCUT2D eigenvalue weighted by Gasteiger charge is 2.15. The zero-order valence-corrected chi connectivity index (χ0v) is 5.66. The molecular formula is C7H8N2O. The Morgan fingerprint density at radius 1 is 1.70 bits per heavy atom. The maximum Gasteiger partial charge on any atom is 0.167 e. The minimum atomic E-state index is 0.0826. The molecule has 0 saturated carbocycles. The third-order valence-corrected chi connectivity index (χ3v) is 1.45. The minimum absolute atomic E-state index is 0.0826. The highest BCUT2D eigenvalue weighted by atomic mass is 16.5. The molecule has 0 radical (unpaired) electrons. The van der Waals surface area contributed by atoms with Gasteiger partial charge in [0.15, 0.2) is 12.0 Å². The number of fused-ring (bicyclic) bond motifs is 1. The van der Waals surface area contributed by atoms with Crippen LogP contribution in [0.3, 0.4) is 0 Å². The van der Waals surface area contributed by atoms with Crippen LogP contribution in [-0.2, 0) is 0 Å². The lowest BCUT2D eigenvalue weighted by Crippen LogP contribution is -2.13. The predicted octanol–water partition coefficient (Wildman–Crippen LogP) is 1.23. The average molecular weight is 136 g/mol. The van der Waals surface area contributed by atoms with E-state index in [2.05, 4.69) is 10.3 Å². The van der Waals surface area contributed by atoms with Crippen molar-refractivity contribution in [3.8, 4) is 5.75 Å². The Morgan fingerprint density at radius 2 is 2.60 bits per heavy atom. The molecule has 0 aromatic carbocycles. The van der Waals surface area contributed by atoms with Gasteiger partial charge in [0, 0.05) is 6.20 Å². The lowest BCUT2D eigenvalue weighted by atomic mass is 10.4. The molecule has 3 nitrogen and oxygen atoms in total. The molecule has 0 aliphatic carbocycles. The van der Waals surface area contributed by atoms with Crippen molar-refractivity contribution in [2.75, 3.05) is 5.32 Å². The summed E-state index contributed by atoms with van der Waals surface area (Å²) in [4.78, 5) is 3.93. The van der Waals surface area contributed by atoms with Crippen molar-refractivity contribution in [1.82, 2.24) is 4.98 Å². The first-order valence-corrected chi connectivity index (χ1v) is 3.23. The Labute approximate surface area is 59.0 Å². The molecule has 0 bridgehead atoms. The number of nitrogens with zero attached hydrogens (tertiary/aromatic N) is 1. The summed E-state index contributed by atoms with van der Waals surface area (Å²) in [5, 5.41) is 3.14. The molecule has 2 heterocycles. The predicted molar refractivity (Wildman–Crippen MR) is 37.9 cm³/mol. The number of pyridine rings is 1. The fourth-order valence-electron chi connectivity index (χ4n) is 1.03. The topological polar surface area (TPSA) is 34.2 Å². The van der Waals surface area contributed by atoms with E-state index in [9.17, 15) is 0 Å². The summed E-state index contributed by atoms with van der Waals surface area (Å²) < 4.78 is 5.33. The fourth-order valence-corrected chi connectivity index (χ4v) is 1.03. The Bertz CT molecular complexity index is 224. The molecule has 1 aliphatic heterocycles. The maximum absolute atomic E-state index is 5.33. The Hall–Kier alpha value is -1.25. The number of anilines is 1. The molecule has 0 saturated heterocycles. The molecule has 10 heavy (non-hydrogen) atoms. The molecule has 1 aromatic rings.